The van der Waals surface area contributed by atoms with Crippen LogP contribution in [0.1, 0.15) is 39.5 Å². The second kappa shape index (κ2) is 7.67. The molecule has 2 unspecified atom stereocenters. The van der Waals surface area contributed by atoms with Gasteiger partial charge < -0.3 is 15.3 Å². The van der Waals surface area contributed by atoms with Gasteiger partial charge in [-0.1, -0.05) is 13.8 Å². The average molecular weight is 242 g/mol. The zero-order valence-electron chi connectivity index (χ0n) is 11.1. The maximum Gasteiger partial charge on any atom is 0.322 e. The molecule has 1 aliphatic heterocycles. The van der Waals surface area contributed by atoms with Crippen molar-refractivity contribution in [3.05, 3.63) is 0 Å². The van der Waals surface area contributed by atoms with Gasteiger partial charge in [-0.25, -0.2) is 0 Å². The van der Waals surface area contributed by atoms with Crippen molar-refractivity contribution in [1.29, 1.82) is 0 Å². The van der Waals surface area contributed by atoms with E-state index < -0.39 is 12.0 Å². The van der Waals surface area contributed by atoms with Gasteiger partial charge in [0.15, 0.2) is 0 Å². The summed E-state index contributed by atoms with van der Waals surface area (Å²) in [5.74, 6) is 0.0580. The van der Waals surface area contributed by atoms with Crippen LogP contribution in [0.5, 0.6) is 0 Å². The molecule has 0 bridgehead atoms. The first-order valence-corrected chi connectivity index (χ1v) is 6.82. The number of carboxylic acid groups (broad SMARTS) is 1. The van der Waals surface area contributed by atoms with Gasteiger partial charge >= 0.3 is 5.97 Å². The first kappa shape index (κ1) is 14.5. The number of hydrogen-bond acceptors (Lipinski definition) is 3. The third-order valence-corrected chi connectivity index (χ3v) is 3.49. The standard InChI is InChI=1S/C13H26N2O2/c1-3-7-14-12(13(16)17)10-15-8-4-5-11(2)6-9-15/h11-12,14H,3-10H2,1-2H3,(H,16,17). The fourth-order valence-corrected chi connectivity index (χ4v) is 2.31. The molecule has 4 heteroatoms. The molecular formula is C13H26N2O2. The van der Waals surface area contributed by atoms with Gasteiger partial charge in [0.1, 0.15) is 6.04 Å². The third-order valence-electron chi connectivity index (χ3n) is 3.49. The average Bonchev–Trinajstić information content (AvgIpc) is 2.49. The summed E-state index contributed by atoms with van der Waals surface area (Å²) < 4.78 is 0. The van der Waals surface area contributed by atoms with Crippen LogP contribution >= 0.6 is 0 Å². The van der Waals surface area contributed by atoms with Crippen molar-refractivity contribution in [2.75, 3.05) is 26.2 Å². The summed E-state index contributed by atoms with van der Waals surface area (Å²) in [5.41, 5.74) is 0. The minimum Gasteiger partial charge on any atom is -0.480 e. The predicted octanol–water partition coefficient (Wildman–Crippen LogP) is 1.56. The smallest absolute Gasteiger partial charge is 0.322 e. The van der Waals surface area contributed by atoms with E-state index in [1.165, 1.54) is 19.3 Å². The van der Waals surface area contributed by atoms with Crippen molar-refractivity contribution in [2.24, 2.45) is 5.92 Å². The van der Waals surface area contributed by atoms with E-state index in [9.17, 15) is 4.79 Å². The number of carbonyl (C=O) groups is 1. The minimum absolute atomic E-state index is 0.414. The highest BCUT2D eigenvalue weighted by atomic mass is 16.4. The molecule has 1 saturated heterocycles. The van der Waals surface area contributed by atoms with Crippen molar-refractivity contribution in [3.63, 3.8) is 0 Å². The first-order valence-electron chi connectivity index (χ1n) is 6.82. The Bertz CT molecular complexity index is 233. The lowest BCUT2D eigenvalue weighted by atomic mass is 10.0. The molecule has 2 N–H and O–H groups in total. The minimum atomic E-state index is -0.726. The molecule has 1 fully saturated rings. The van der Waals surface area contributed by atoms with Crippen molar-refractivity contribution in [1.82, 2.24) is 10.2 Å². The molecule has 1 heterocycles. The fraction of sp³-hybridized carbons (Fsp3) is 0.923. The van der Waals surface area contributed by atoms with Crippen molar-refractivity contribution >= 4 is 5.97 Å². The Morgan fingerprint density at radius 3 is 2.88 bits per heavy atom. The SMILES string of the molecule is CCCNC(CN1CCCC(C)CC1)C(=O)O. The van der Waals surface area contributed by atoms with E-state index in [0.717, 1.165) is 32.0 Å². The largest absolute Gasteiger partial charge is 0.480 e. The van der Waals surface area contributed by atoms with E-state index in [1.54, 1.807) is 0 Å². The number of aliphatic carboxylic acids is 1. The van der Waals surface area contributed by atoms with Gasteiger partial charge in [-0.05, 0) is 51.2 Å². The van der Waals surface area contributed by atoms with Crippen molar-refractivity contribution in [2.45, 2.75) is 45.6 Å². The van der Waals surface area contributed by atoms with Crippen LogP contribution in [-0.4, -0.2) is 48.2 Å². The number of hydrogen-bond donors (Lipinski definition) is 2. The topological polar surface area (TPSA) is 52.6 Å². The van der Waals surface area contributed by atoms with E-state index in [2.05, 4.69) is 24.1 Å². The summed E-state index contributed by atoms with van der Waals surface area (Å²) in [5, 5.41) is 12.3. The number of carboxylic acids is 1. The molecule has 0 aliphatic carbocycles. The van der Waals surface area contributed by atoms with Crippen LogP contribution in [0.3, 0.4) is 0 Å². The Balaban J connectivity index is 2.39. The summed E-state index contributed by atoms with van der Waals surface area (Å²) in [6.07, 6.45) is 4.64. The molecule has 0 aromatic carbocycles. The molecule has 0 saturated carbocycles. The summed E-state index contributed by atoms with van der Waals surface area (Å²) in [6, 6.07) is -0.414. The number of likely N-dealkylation sites (tertiary alicyclic amines) is 1. The van der Waals surface area contributed by atoms with Crippen LogP contribution < -0.4 is 5.32 Å². The van der Waals surface area contributed by atoms with E-state index >= 15 is 0 Å². The molecule has 17 heavy (non-hydrogen) atoms. The molecule has 2 atom stereocenters. The molecule has 1 rings (SSSR count). The zero-order valence-corrected chi connectivity index (χ0v) is 11.1. The Morgan fingerprint density at radius 2 is 2.24 bits per heavy atom. The quantitative estimate of drug-likeness (QED) is 0.742. The van der Waals surface area contributed by atoms with Gasteiger partial charge in [-0.2, -0.15) is 0 Å². The lowest BCUT2D eigenvalue weighted by Gasteiger charge is -2.24. The van der Waals surface area contributed by atoms with Gasteiger partial charge in [0.2, 0.25) is 0 Å². The Kier molecular flexibility index (Phi) is 6.52. The Hall–Kier alpha value is -0.610. The number of nitrogens with zero attached hydrogens (tertiary/aromatic N) is 1. The van der Waals surface area contributed by atoms with Gasteiger partial charge in [0.25, 0.3) is 0 Å². The molecule has 0 aromatic heterocycles. The van der Waals surface area contributed by atoms with Crippen LogP contribution in [0.25, 0.3) is 0 Å². The predicted molar refractivity (Wildman–Crippen MR) is 69.2 cm³/mol. The highest BCUT2D eigenvalue weighted by Gasteiger charge is 2.21. The van der Waals surface area contributed by atoms with Crippen molar-refractivity contribution < 1.29 is 9.90 Å². The van der Waals surface area contributed by atoms with E-state index in [1.807, 2.05) is 0 Å². The highest BCUT2D eigenvalue weighted by molar-refractivity contribution is 5.73. The normalized spacial score (nSPS) is 24.2. The monoisotopic (exact) mass is 242 g/mol. The van der Waals surface area contributed by atoms with Gasteiger partial charge in [0, 0.05) is 6.54 Å². The van der Waals surface area contributed by atoms with E-state index in [4.69, 9.17) is 5.11 Å². The number of nitrogens with one attached hydrogen (secondary N) is 1. The summed E-state index contributed by atoms with van der Waals surface area (Å²) in [7, 11) is 0. The summed E-state index contributed by atoms with van der Waals surface area (Å²) >= 11 is 0. The first-order chi connectivity index (χ1) is 8.13. The summed E-state index contributed by atoms with van der Waals surface area (Å²) in [6.45, 7) is 7.84. The second-order valence-corrected chi connectivity index (χ2v) is 5.18. The van der Waals surface area contributed by atoms with E-state index in [0.29, 0.717) is 6.54 Å². The van der Waals surface area contributed by atoms with Crippen LogP contribution in [0, 0.1) is 5.92 Å². The molecule has 0 spiro atoms. The lowest BCUT2D eigenvalue weighted by Crippen LogP contribution is -2.46. The van der Waals surface area contributed by atoms with Gasteiger partial charge in [-0.3, -0.25) is 4.79 Å². The molecule has 1 aliphatic rings. The molecule has 4 nitrogen and oxygen atoms in total. The Labute approximate surface area is 104 Å². The van der Waals surface area contributed by atoms with Gasteiger partial charge in [0.05, 0.1) is 0 Å². The van der Waals surface area contributed by atoms with Crippen LogP contribution in [0.15, 0.2) is 0 Å². The highest BCUT2D eigenvalue weighted by Crippen LogP contribution is 2.16. The van der Waals surface area contributed by atoms with Crippen LogP contribution in [0.2, 0.25) is 0 Å². The third kappa shape index (κ3) is 5.50. The van der Waals surface area contributed by atoms with Gasteiger partial charge in [-0.15, -0.1) is 0 Å². The van der Waals surface area contributed by atoms with Crippen LogP contribution in [-0.2, 0) is 4.79 Å². The second-order valence-electron chi connectivity index (χ2n) is 5.18. The number of rotatable bonds is 6. The summed E-state index contributed by atoms with van der Waals surface area (Å²) in [4.78, 5) is 13.4. The molecule has 100 valence electrons. The zero-order chi connectivity index (χ0) is 12.7. The van der Waals surface area contributed by atoms with E-state index in [-0.39, 0.29) is 0 Å². The molecule has 0 amide bonds. The molecular weight excluding hydrogens is 216 g/mol. The maximum absolute atomic E-state index is 11.1. The lowest BCUT2D eigenvalue weighted by molar-refractivity contribution is -0.140. The van der Waals surface area contributed by atoms with Crippen molar-refractivity contribution in [3.8, 4) is 0 Å². The maximum atomic E-state index is 11.1. The molecule has 0 radical (unpaired) electrons. The van der Waals surface area contributed by atoms with Crippen LogP contribution in [0.4, 0.5) is 0 Å². The fourth-order valence-electron chi connectivity index (χ4n) is 2.31. The molecule has 0 aromatic rings. The Morgan fingerprint density at radius 1 is 1.47 bits per heavy atom.